The van der Waals surface area contributed by atoms with Gasteiger partial charge in [-0.3, -0.25) is 4.98 Å². The van der Waals surface area contributed by atoms with Crippen molar-refractivity contribution >= 4 is 27.3 Å². The van der Waals surface area contributed by atoms with Gasteiger partial charge in [-0.15, -0.1) is 0 Å². The van der Waals surface area contributed by atoms with Crippen LogP contribution >= 0.6 is 11.6 Å². The van der Waals surface area contributed by atoms with Crippen molar-refractivity contribution in [3.63, 3.8) is 0 Å². The molecule has 1 N–H and O–H groups in total. The van der Waals surface area contributed by atoms with Crippen LogP contribution in [0.3, 0.4) is 0 Å². The molecule has 0 bridgehead atoms. The first-order valence-electron chi connectivity index (χ1n) is 5.00. The van der Waals surface area contributed by atoms with Crippen LogP contribution in [-0.2, 0) is 9.84 Å². The molecule has 0 aliphatic carbocycles. The van der Waals surface area contributed by atoms with Crippen molar-refractivity contribution in [1.82, 2.24) is 9.97 Å². The third-order valence-corrected chi connectivity index (χ3v) is 4.41. The van der Waals surface area contributed by atoms with Gasteiger partial charge in [-0.25, -0.2) is 13.4 Å². The minimum Gasteiger partial charge on any atom is -0.366 e. The Kier molecular flexibility index (Phi) is 3.30. The fourth-order valence-corrected chi connectivity index (χ4v) is 3.29. The van der Waals surface area contributed by atoms with Gasteiger partial charge in [-0.2, -0.15) is 0 Å². The minimum atomic E-state index is -2.82. The average molecular weight is 262 g/mol. The lowest BCUT2D eigenvalue weighted by molar-refractivity contribution is 0.559. The number of nitrogens with one attached hydrogen (secondary N) is 1. The quantitative estimate of drug-likeness (QED) is 0.864. The van der Waals surface area contributed by atoms with E-state index in [-0.39, 0.29) is 17.5 Å². The first-order valence-corrected chi connectivity index (χ1v) is 7.20. The van der Waals surface area contributed by atoms with E-state index in [1.165, 1.54) is 6.20 Å². The highest BCUT2D eigenvalue weighted by Gasteiger charge is 2.23. The van der Waals surface area contributed by atoms with Gasteiger partial charge in [0.05, 0.1) is 23.9 Å². The number of rotatable bonds is 2. The highest BCUT2D eigenvalue weighted by atomic mass is 35.5. The van der Waals surface area contributed by atoms with Crippen LogP contribution < -0.4 is 5.32 Å². The number of aromatic nitrogens is 2. The van der Waals surface area contributed by atoms with Crippen molar-refractivity contribution in [1.29, 1.82) is 0 Å². The zero-order valence-corrected chi connectivity index (χ0v) is 10.1. The van der Waals surface area contributed by atoms with Gasteiger partial charge >= 0.3 is 0 Å². The van der Waals surface area contributed by atoms with E-state index in [9.17, 15) is 8.42 Å². The second kappa shape index (κ2) is 4.55. The van der Waals surface area contributed by atoms with Crippen molar-refractivity contribution in [2.75, 3.05) is 16.8 Å². The predicted octanol–water partition coefficient (Wildman–Crippen LogP) is 1.12. The molecular weight excluding hydrogens is 250 g/mol. The molecule has 7 heteroatoms. The molecule has 1 fully saturated rings. The van der Waals surface area contributed by atoms with Gasteiger partial charge in [0.15, 0.2) is 0 Å². The molecule has 1 aliphatic rings. The molecule has 0 aromatic carbocycles. The van der Waals surface area contributed by atoms with E-state index in [2.05, 4.69) is 15.3 Å². The number of nitrogens with zero attached hydrogens (tertiary/aromatic N) is 2. The molecule has 0 radical (unpaired) electrons. The Morgan fingerprint density at radius 2 is 2.00 bits per heavy atom. The smallest absolute Gasteiger partial charge is 0.150 e. The summed E-state index contributed by atoms with van der Waals surface area (Å²) < 4.78 is 22.5. The van der Waals surface area contributed by atoms with Crippen molar-refractivity contribution in [2.24, 2.45) is 0 Å². The monoisotopic (exact) mass is 261 g/mol. The molecule has 2 heterocycles. The van der Waals surface area contributed by atoms with Crippen LogP contribution in [0.1, 0.15) is 12.8 Å². The average Bonchev–Trinajstić information content (AvgIpc) is 2.21. The zero-order valence-electron chi connectivity index (χ0n) is 8.56. The highest BCUT2D eigenvalue weighted by Crippen LogP contribution is 2.16. The summed E-state index contributed by atoms with van der Waals surface area (Å²) in [5.74, 6) is 1.06. The summed E-state index contributed by atoms with van der Waals surface area (Å²) in [6.45, 7) is 0. The topological polar surface area (TPSA) is 72.0 Å². The summed E-state index contributed by atoms with van der Waals surface area (Å²) >= 11 is 5.70. The number of halogens is 1. The number of sulfone groups is 1. The molecule has 0 unspecified atom stereocenters. The van der Waals surface area contributed by atoms with E-state index in [1.54, 1.807) is 6.20 Å². The summed E-state index contributed by atoms with van der Waals surface area (Å²) in [4.78, 5) is 7.95. The molecule has 2 rings (SSSR count). The molecule has 1 saturated heterocycles. The van der Waals surface area contributed by atoms with Crippen LogP contribution in [0.25, 0.3) is 0 Å². The maximum Gasteiger partial charge on any atom is 0.150 e. The Hall–Kier alpha value is -0.880. The van der Waals surface area contributed by atoms with Crippen LogP contribution in [-0.4, -0.2) is 35.9 Å². The van der Waals surface area contributed by atoms with E-state index in [0.717, 1.165) is 0 Å². The summed E-state index contributed by atoms with van der Waals surface area (Å²) in [6.07, 6.45) is 4.25. The van der Waals surface area contributed by atoms with Crippen LogP contribution in [0.15, 0.2) is 12.4 Å². The van der Waals surface area contributed by atoms with E-state index >= 15 is 0 Å². The molecule has 1 aromatic heterocycles. The van der Waals surface area contributed by atoms with E-state index < -0.39 is 9.84 Å². The molecule has 5 nitrogen and oxygen atoms in total. The van der Waals surface area contributed by atoms with Crippen molar-refractivity contribution in [2.45, 2.75) is 18.9 Å². The first kappa shape index (κ1) is 11.6. The standard InChI is InChI=1S/C9H12ClN3O2S/c10-8-5-11-6-9(13-8)12-7-1-3-16(14,15)4-2-7/h5-7H,1-4H2,(H,12,13). The molecular formula is C9H12ClN3O2S. The largest absolute Gasteiger partial charge is 0.366 e. The Balaban J connectivity index is 1.97. The molecule has 0 spiro atoms. The molecule has 1 aromatic rings. The molecule has 88 valence electrons. The van der Waals surface area contributed by atoms with Gasteiger partial charge in [0.25, 0.3) is 0 Å². The minimum absolute atomic E-state index is 0.135. The van der Waals surface area contributed by atoms with Gasteiger partial charge in [0.1, 0.15) is 20.8 Å². The van der Waals surface area contributed by atoms with Crippen LogP contribution in [0.5, 0.6) is 0 Å². The van der Waals surface area contributed by atoms with Crippen molar-refractivity contribution < 1.29 is 8.42 Å². The maximum absolute atomic E-state index is 11.2. The second-order valence-corrected chi connectivity index (χ2v) is 6.49. The maximum atomic E-state index is 11.2. The van der Waals surface area contributed by atoms with E-state index in [0.29, 0.717) is 23.8 Å². The summed E-state index contributed by atoms with van der Waals surface area (Å²) in [5, 5.41) is 3.46. The first-order chi connectivity index (χ1) is 7.55. The van der Waals surface area contributed by atoms with Crippen LogP contribution in [0.2, 0.25) is 5.15 Å². The van der Waals surface area contributed by atoms with E-state index in [1.807, 2.05) is 0 Å². The summed E-state index contributed by atoms with van der Waals surface area (Å²) in [7, 11) is -2.82. The molecule has 0 atom stereocenters. The van der Waals surface area contributed by atoms with Crippen LogP contribution in [0.4, 0.5) is 5.82 Å². The lowest BCUT2D eigenvalue weighted by Gasteiger charge is -2.23. The zero-order chi connectivity index (χ0) is 11.6. The normalized spacial score (nSPS) is 20.6. The van der Waals surface area contributed by atoms with Crippen molar-refractivity contribution in [3.8, 4) is 0 Å². The van der Waals surface area contributed by atoms with Gasteiger partial charge in [0, 0.05) is 6.04 Å². The summed E-state index contributed by atoms with van der Waals surface area (Å²) in [5.41, 5.74) is 0. The summed E-state index contributed by atoms with van der Waals surface area (Å²) in [6, 6.07) is 0.135. The second-order valence-electron chi connectivity index (χ2n) is 3.80. The van der Waals surface area contributed by atoms with Gasteiger partial charge in [-0.05, 0) is 12.8 Å². The van der Waals surface area contributed by atoms with Gasteiger partial charge in [0.2, 0.25) is 0 Å². The lowest BCUT2D eigenvalue weighted by Crippen LogP contribution is -2.32. The number of anilines is 1. The Labute approximate surface area is 99.2 Å². The van der Waals surface area contributed by atoms with Crippen LogP contribution in [0, 0.1) is 0 Å². The Morgan fingerprint density at radius 1 is 1.31 bits per heavy atom. The molecule has 1 aliphatic heterocycles. The Morgan fingerprint density at radius 3 is 2.62 bits per heavy atom. The molecule has 0 amide bonds. The molecule has 0 saturated carbocycles. The number of hydrogen-bond acceptors (Lipinski definition) is 5. The SMILES string of the molecule is O=S1(=O)CCC(Nc2cncc(Cl)n2)CC1. The molecule has 16 heavy (non-hydrogen) atoms. The fourth-order valence-electron chi connectivity index (χ4n) is 1.66. The predicted molar refractivity (Wildman–Crippen MR) is 62.3 cm³/mol. The van der Waals surface area contributed by atoms with Gasteiger partial charge < -0.3 is 5.32 Å². The van der Waals surface area contributed by atoms with Crippen molar-refractivity contribution in [3.05, 3.63) is 17.5 Å². The third-order valence-electron chi connectivity index (χ3n) is 2.51. The lowest BCUT2D eigenvalue weighted by atomic mass is 10.1. The highest BCUT2D eigenvalue weighted by molar-refractivity contribution is 7.91. The fraction of sp³-hybridized carbons (Fsp3) is 0.556. The Bertz CT molecular complexity index is 463. The number of hydrogen-bond donors (Lipinski definition) is 1. The van der Waals surface area contributed by atoms with E-state index in [4.69, 9.17) is 11.6 Å². The third kappa shape index (κ3) is 3.05. The van der Waals surface area contributed by atoms with Gasteiger partial charge in [-0.1, -0.05) is 11.6 Å².